The van der Waals surface area contributed by atoms with Gasteiger partial charge in [0.25, 0.3) is 0 Å². The molecule has 0 fully saturated rings. The van der Waals surface area contributed by atoms with Gasteiger partial charge in [-0.15, -0.1) is 0 Å². The maximum Gasteiger partial charge on any atom is 0.130 e. The van der Waals surface area contributed by atoms with Crippen molar-refractivity contribution in [2.75, 3.05) is 0 Å². The van der Waals surface area contributed by atoms with Gasteiger partial charge in [-0.1, -0.05) is 6.07 Å². The van der Waals surface area contributed by atoms with Crippen LogP contribution < -0.4 is 5.32 Å². The lowest BCUT2D eigenvalue weighted by Gasteiger charge is -2.08. The first-order valence-corrected chi connectivity index (χ1v) is 5.71. The third-order valence-corrected chi connectivity index (χ3v) is 2.82. The average Bonchev–Trinajstić information content (AvgIpc) is 2.35. The summed E-state index contributed by atoms with van der Waals surface area (Å²) in [5, 5.41) is 3.03. The van der Waals surface area contributed by atoms with Crippen molar-refractivity contribution in [3.05, 3.63) is 65.0 Å². The monoisotopic (exact) mass is 248 g/mol. The van der Waals surface area contributed by atoms with Crippen LogP contribution in [0, 0.1) is 18.6 Å². The second-order valence-corrected chi connectivity index (χ2v) is 4.11. The fraction of sp³-hybridized carbons (Fsp3) is 0.214. The largest absolute Gasteiger partial charge is 0.308 e. The molecule has 0 aliphatic rings. The lowest BCUT2D eigenvalue weighted by molar-refractivity contribution is 0.535. The van der Waals surface area contributed by atoms with Gasteiger partial charge in [0, 0.05) is 31.0 Å². The van der Waals surface area contributed by atoms with Crippen molar-refractivity contribution >= 4 is 0 Å². The normalized spacial score (nSPS) is 10.6. The maximum absolute atomic E-state index is 13.4. The number of hydrogen-bond acceptors (Lipinski definition) is 2. The number of hydrogen-bond donors (Lipinski definition) is 1. The first-order chi connectivity index (χ1) is 8.68. The van der Waals surface area contributed by atoms with Gasteiger partial charge in [0.15, 0.2) is 0 Å². The molecule has 0 bridgehead atoms. The van der Waals surface area contributed by atoms with Crippen molar-refractivity contribution in [3.63, 3.8) is 0 Å². The summed E-state index contributed by atoms with van der Waals surface area (Å²) < 4.78 is 26.7. The molecule has 0 unspecified atom stereocenters. The predicted octanol–water partition coefficient (Wildman–Crippen LogP) is 2.96. The molecular formula is C14H14F2N2. The highest BCUT2D eigenvalue weighted by Crippen LogP contribution is 2.12. The zero-order valence-electron chi connectivity index (χ0n) is 10.1. The molecule has 0 aliphatic carbocycles. The molecule has 18 heavy (non-hydrogen) atoms. The molecule has 0 saturated heterocycles. The fourth-order valence-corrected chi connectivity index (χ4v) is 1.72. The molecule has 0 aliphatic heterocycles. The maximum atomic E-state index is 13.4. The second kappa shape index (κ2) is 5.69. The Balaban J connectivity index is 1.99. The van der Waals surface area contributed by atoms with Crippen LogP contribution in [0.25, 0.3) is 0 Å². The minimum atomic E-state index is -0.519. The Morgan fingerprint density at radius 1 is 1.11 bits per heavy atom. The number of nitrogens with one attached hydrogen (secondary N) is 1. The van der Waals surface area contributed by atoms with E-state index in [0.717, 1.165) is 11.1 Å². The summed E-state index contributed by atoms with van der Waals surface area (Å²) in [4.78, 5) is 3.99. The SMILES string of the molecule is Cc1cnccc1CNCc1c(F)cccc1F. The first kappa shape index (κ1) is 12.6. The van der Waals surface area contributed by atoms with E-state index in [0.29, 0.717) is 6.54 Å². The van der Waals surface area contributed by atoms with Crippen molar-refractivity contribution in [1.29, 1.82) is 0 Å². The number of benzene rings is 1. The van der Waals surface area contributed by atoms with Gasteiger partial charge in [0.05, 0.1) is 0 Å². The number of aromatic nitrogens is 1. The molecule has 0 spiro atoms. The zero-order chi connectivity index (χ0) is 13.0. The Kier molecular flexibility index (Phi) is 3.99. The molecule has 2 nitrogen and oxygen atoms in total. The molecule has 0 amide bonds. The standard InChI is InChI=1S/C14H14F2N2/c1-10-7-17-6-5-11(10)8-18-9-12-13(15)3-2-4-14(12)16/h2-7,18H,8-9H2,1H3. The van der Waals surface area contributed by atoms with Crippen LogP contribution in [0.2, 0.25) is 0 Å². The van der Waals surface area contributed by atoms with E-state index in [9.17, 15) is 8.78 Å². The van der Waals surface area contributed by atoms with E-state index >= 15 is 0 Å². The van der Waals surface area contributed by atoms with Gasteiger partial charge < -0.3 is 5.32 Å². The molecule has 0 saturated carbocycles. The van der Waals surface area contributed by atoms with E-state index in [1.165, 1.54) is 18.2 Å². The van der Waals surface area contributed by atoms with Gasteiger partial charge in [-0.3, -0.25) is 4.98 Å². The minimum absolute atomic E-state index is 0.0733. The van der Waals surface area contributed by atoms with E-state index in [2.05, 4.69) is 10.3 Å². The van der Waals surface area contributed by atoms with Crippen LogP contribution in [0.5, 0.6) is 0 Å². The highest BCUT2D eigenvalue weighted by atomic mass is 19.1. The summed E-state index contributed by atoms with van der Waals surface area (Å²) in [6.45, 7) is 2.68. The van der Waals surface area contributed by atoms with Gasteiger partial charge in [-0.25, -0.2) is 8.78 Å². The Morgan fingerprint density at radius 2 is 1.83 bits per heavy atom. The summed E-state index contributed by atoms with van der Waals surface area (Å²) in [5.41, 5.74) is 2.20. The molecule has 2 rings (SSSR count). The summed E-state index contributed by atoms with van der Waals surface area (Å²) in [7, 11) is 0. The molecular weight excluding hydrogens is 234 g/mol. The van der Waals surface area contributed by atoms with E-state index in [-0.39, 0.29) is 12.1 Å². The molecule has 2 aromatic rings. The van der Waals surface area contributed by atoms with Gasteiger partial charge in [-0.2, -0.15) is 0 Å². The number of pyridine rings is 1. The minimum Gasteiger partial charge on any atom is -0.308 e. The van der Waals surface area contributed by atoms with E-state index < -0.39 is 11.6 Å². The Bertz CT molecular complexity index is 521. The number of rotatable bonds is 4. The van der Waals surface area contributed by atoms with Crippen LogP contribution in [-0.2, 0) is 13.1 Å². The predicted molar refractivity (Wildman–Crippen MR) is 65.9 cm³/mol. The van der Waals surface area contributed by atoms with Crippen LogP contribution in [-0.4, -0.2) is 4.98 Å². The molecule has 0 radical (unpaired) electrons. The summed E-state index contributed by atoms with van der Waals surface area (Å²) >= 11 is 0. The molecule has 1 N–H and O–H groups in total. The first-order valence-electron chi connectivity index (χ1n) is 5.71. The van der Waals surface area contributed by atoms with Gasteiger partial charge >= 0.3 is 0 Å². The van der Waals surface area contributed by atoms with Crippen LogP contribution in [0.4, 0.5) is 8.78 Å². The molecule has 1 heterocycles. The molecule has 4 heteroatoms. The van der Waals surface area contributed by atoms with Gasteiger partial charge in [-0.05, 0) is 36.2 Å². The van der Waals surface area contributed by atoms with Crippen LogP contribution >= 0.6 is 0 Å². The number of halogens is 2. The van der Waals surface area contributed by atoms with Gasteiger partial charge in [0.1, 0.15) is 11.6 Å². The van der Waals surface area contributed by atoms with Crippen LogP contribution in [0.3, 0.4) is 0 Å². The second-order valence-electron chi connectivity index (χ2n) is 4.11. The average molecular weight is 248 g/mol. The van der Waals surface area contributed by atoms with Crippen LogP contribution in [0.1, 0.15) is 16.7 Å². The van der Waals surface area contributed by atoms with Crippen LogP contribution in [0.15, 0.2) is 36.7 Å². The van der Waals surface area contributed by atoms with Crippen molar-refractivity contribution in [1.82, 2.24) is 10.3 Å². The van der Waals surface area contributed by atoms with Crippen molar-refractivity contribution < 1.29 is 8.78 Å². The van der Waals surface area contributed by atoms with Crippen molar-refractivity contribution in [2.45, 2.75) is 20.0 Å². The molecule has 1 aromatic carbocycles. The number of nitrogens with zero attached hydrogens (tertiary/aromatic N) is 1. The number of aryl methyl sites for hydroxylation is 1. The lowest BCUT2D eigenvalue weighted by atomic mass is 10.1. The van der Waals surface area contributed by atoms with Crippen molar-refractivity contribution in [3.8, 4) is 0 Å². The smallest absolute Gasteiger partial charge is 0.130 e. The van der Waals surface area contributed by atoms with Gasteiger partial charge in [0.2, 0.25) is 0 Å². The molecule has 0 atom stereocenters. The third-order valence-electron chi connectivity index (χ3n) is 2.82. The third kappa shape index (κ3) is 2.90. The summed E-state index contributed by atoms with van der Waals surface area (Å²) in [6, 6.07) is 5.77. The highest BCUT2D eigenvalue weighted by Gasteiger charge is 2.07. The summed E-state index contributed by atoms with van der Waals surface area (Å²) in [6.07, 6.45) is 3.47. The quantitative estimate of drug-likeness (QED) is 0.899. The Labute approximate surface area is 105 Å². The molecule has 94 valence electrons. The Hall–Kier alpha value is -1.81. The zero-order valence-corrected chi connectivity index (χ0v) is 10.1. The highest BCUT2D eigenvalue weighted by molar-refractivity contribution is 5.22. The lowest BCUT2D eigenvalue weighted by Crippen LogP contribution is -2.15. The van der Waals surface area contributed by atoms with Crippen molar-refractivity contribution in [2.24, 2.45) is 0 Å². The van der Waals surface area contributed by atoms with E-state index in [4.69, 9.17) is 0 Å². The summed E-state index contributed by atoms with van der Waals surface area (Å²) in [5.74, 6) is -1.04. The molecule has 1 aromatic heterocycles. The topological polar surface area (TPSA) is 24.9 Å². The van der Waals surface area contributed by atoms with E-state index in [1.807, 2.05) is 13.0 Å². The fourth-order valence-electron chi connectivity index (χ4n) is 1.72. The van der Waals surface area contributed by atoms with E-state index in [1.54, 1.807) is 12.4 Å². The Morgan fingerprint density at radius 3 is 2.50 bits per heavy atom.